The number of sulfonamides is 1. The van der Waals surface area contributed by atoms with Gasteiger partial charge in [-0.25, -0.2) is 8.42 Å². The van der Waals surface area contributed by atoms with Crippen molar-refractivity contribution in [3.8, 4) is 0 Å². The molecule has 0 aliphatic heterocycles. The van der Waals surface area contributed by atoms with Gasteiger partial charge in [0.05, 0.1) is 24.5 Å². The van der Waals surface area contributed by atoms with Crippen molar-refractivity contribution in [1.29, 1.82) is 0 Å². The number of rotatable bonds is 7. The molecule has 178 valence electrons. The number of amides is 1. The van der Waals surface area contributed by atoms with Crippen LogP contribution in [-0.4, -0.2) is 20.6 Å². The number of carbonyl (C=O) groups excluding carboxylic acids is 1. The molecule has 3 aromatic carbocycles. The summed E-state index contributed by atoms with van der Waals surface area (Å²) in [6, 6.07) is 19.3. The molecule has 6 heteroatoms. The highest BCUT2D eigenvalue weighted by Crippen LogP contribution is 2.29. The molecule has 1 aliphatic rings. The normalized spacial score (nSPS) is 13.9. The van der Waals surface area contributed by atoms with Gasteiger partial charge in [-0.1, -0.05) is 48.5 Å². The third kappa shape index (κ3) is 5.17. The summed E-state index contributed by atoms with van der Waals surface area (Å²) in [5, 5.41) is 3.08. The van der Waals surface area contributed by atoms with Crippen LogP contribution in [0.2, 0.25) is 0 Å². The van der Waals surface area contributed by atoms with E-state index in [1.165, 1.54) is 28.1 Å². The SMILES string of the molecule is Cc1cccc(C)c1N(Cc1ccc(C(=O)N[C@H](C)c2ccc3c(c2)CCC3)cc1)S(C)(=O)=O. The maximum atomic E-state index is 12.8. The Labute approximate surface area is 202 Å². The van der Waals surface area contributed by atoms with Crippen LogP contribution in [0.15, 0.2) is 60.7 Å². The summed E-state index contributed by atoms with van der Waals surface area (Å²) in [4.78, 5) is 12.8. The minimum Gasteiger partial charge on any atom is -0.346 e. The molecular weight excluding hydrogens is 444 g/mol. The second-order valence-corrected chi connectivity index (χ2v) is 11.2. The Hall–Kier alpha value is -3.12. The van der Waals surface area contributed by atoms with Gasteiger partial charge in [-0.15, -0.1) is 0 Å². The zero-order valence-corrected chi connectivity index (χ0v) is 21.1. The fourth-order valence-electron chi connectivity index (χ4n) is 4.71. The molecule has 3 aromatic rings. The topological polar surface area (TPSA) is 66.5 Å². The van der Waals surface area contributed by atoms with Crippen molar-refractivity contribution in [1.82, 2.24) is 5.32 Å². The minimum absolute atomic E-state index is 0.0946. The fraction of sp³-hybridized carbons (Fsp3) is 0.321. The average Bonchev–Trinajstić information content (AvgIpc) is 3.26. The molecule has 0 unspecified atom stereocenters. The molecule has 5 nitrogen and oxygen atoms in total. The minimum atomic E-state index is -3.48. The molecule has 0 fully saturated rings. The summed E-state index contributed by atoms with van der Waals surface area (Å²) in [5.74, 6) is -0.144. The highest BCUT2D eigenvalue weighted by atomic mass is 32.2. The van der Waals surface area contributed by atoms with Crippen LogP contribution in [0.4, 0.5) is 5.69 Å². The number of hydrogen-bond donors (Lipinski definition) is 1. The number of anilines is 1. The number of carbonyl (C=O) groups is 1. The van der Waals surface area contributed by atoms with Crippen molar-refractivity contribution < 1.29 is 13.2 Å². The molecular formula is C28H32N2O3S. The summed E-state index contributed by atoms with van der Waals surface area (Å²) in [6.45, 7) is 6.03. The Morgan fingerprint density at radius 2 is 1.62 bits per heavy atom. The fourth-order valence-corrected chi connectivity index (χ4v) is 5.72. The van der Waals surface area contributed by atoms with Crippen molar-refractivity contribution in [3.05, 3.63) is 99.6 Å². The molecule has 0 saturated carbocycles. The predicted molar refractivity (Wildman–Crippen MR) is 138 cm³/mol. The van der Waals surface area contributed by atoms with Crippen molar-refractivity contribution >= 4 is 21.6 Å². The first-order chi connectivity index (χ1) is 16.1. The van der Waals surface area contributed by atoms with Crippen LogP contribution in [0.25, 0.3) is 0 Å². The third-order valence-electron chi connectivity index (χ3n) is 6.60. The lowest BCUT2D eigenvalue weighted by molar-refractivity contribution is 0.0940. The molecule has 0 heterocycles. The Balaban J connectivity index is 1.48. The summed E-state index contributed by atoms with van der Waals surface area (Å²) < 4.78 is 26.6. The molecule has 34 heavy (non-hydrogen) atoms. The van der Waals surface area contributed by atoms with E-state index in [-0.39, 0.29) is 18.5 Å². The smallest absolute Gasteiger partial charge is 0.251 e. The second kappa shape index (κ2) is 9.63. The summed E-state index contributed by atoms with van der Waals surface area (Å²) in [6.07, 6.45) is 4.67. The number of aryl methyl sites for hydroxylation is 4. The van der Waals surface area contributed by atoms with Gasteiger partial charge in [-0.2, -0.15) is 0 Å². The molecule has 1 atom stereocenters. The van der Waals surface area contributed by atoms with Crippen LogP contribution >= 0.6 is 0 Å². The second-order valence-electron chi connectivity index (χ2n) is 9.28. The van der Waals surface area contributed by atoms with E-state index in [2.05, 4.69) is 23.5 Å². The van der Waals surface area contributed by atoms with Crippen LogP contribution in [0.5, 0.6) is 0 Å². The highest BCUT2D eigenvalue weighted by molar-refractivity contribution is 7.92. The van der Waals surface area contributed by atoms with Crippen LogP contribution < -0.4 is 9.62 Å². The number of fused-ring (bicyclic) bond motifs is 1. The summed E-state index contributed by atoms with van der Waals surface area (Å²) >= 11 is 0. The van der Waals surface area contributed by atoms with E-state index in [1.807, 2.05) is 51.1 Å². The lowest BCUT2D eigenvalue weighted by Crippen LogP contribution is -2.30. The molecule has 0 radical (unpaired) electrons. The van der Waals surface area contributed by atoms with E-state index >= 15 is 0 Å². The van der Waals surface area contributed by atoms with Gasteiger partial charge in [-0.05, 0) is 85.5 Å². The first-order valence-corrected chi connectivity index (χ1v) is 13.5. The number of benzene rings is 3. The first-order valence-electron chi connectivity index (χ1n) is 11.7. The zero-order chi connectivity index (χ0) is 24.5. The molecule has 0 bridgehead atoms. The Morgan fingerprint density at radius 3 is 2.26 bits per heavy atom. The number of nitrogens with one attached hydrogen (secondary N) is 1. The van der Waals surface area contributed by atoms with Crippen molar-refractivity contribution in [3.63, 3.8) is 0 Å². The van der Waals surface area contributed by atoms with Crippen molar-refractivity contribution in [2.75, 3.05) is 10.6 Å². The molecule has 0 spiro atoms. The van der Waals surface area contributed by atoms with Crippen molar-refractivity contribution in [2.24, 2.45) is 0 Å². The Bertz CT molecular complexity index is 1290. The van der Waals surface area contributed by atoms with Crippen LogP contribution in [-0.2, 0) is 29.4 Å². The molecule has 0 aromatic heterocycles. The van der Waals surface area contributed by atoms with Crippen LogP contribution in [0, 0.1) is 13.8 Å². The zero-order valence-electron chi connectivity index (χ0n) is 20.3. The van der Waals surface area contributed by atoms with E-state index in [1.54, 1.807) is 12.1 Å². The summed E-state index contributed by atoms with van der Waals surface area (Å²) in [5.41, 5.74) is 7.80. The molecule has 1 amide bonds. The van der Waals surface area contributed by atoms with Crippen molar-refractivity contribution in [2.45, 2.75) is 52.6 Å². The van der Waals surface area contributed by atoms with Gasteiger partial charge in [0.1, 0.15) is 0 Å². The van der Waals surface area contributed by atoms with Gasteiger partial charge >= 0.3 is 0 Å². The van der Waals surface area contributed by atoms with Gasteiger partial charge in [0.25, 0.3) is 5.91 Å². The Kier molecular flexibility index (Phi) is 6.80. The number of hydrogen-bond acceptors (Lipinski definition) is 3. The molecule has 1 N–H and O–H groups in total. The van der Waals surface area contributed by atoms with Crippen LogP contribution in [0.3, 0.4) is 0 Å². The third-order valence-corrected chi connectivity index (χ3v) is 7.71. The Morgan fingerprint density at radius 1 is 0.971 bits per heavy atom. The highest BCUT2D eigenvalue weighted by Gasteiger charge is 2.22. The van der Waals surface area contributed by atoms with Crippen LogP contribution in [0.1, 0.15) is 63.1 Å². The molecule has 1 aliphatic carbocycles. The van der Waals surface area contributed by atoms with Gasteiger partial charge in [0, 0.05) is 5.56 Å². The average molecular weight is 477 g/mol. The molecule has 4 rings (SSSR count). The predicted octanol–water partition coefficient (Wildman–Crippen LogP) is 5.25. The maximum Gasteiger partial charge on any atom is 0.251 e. The van der Waals surface area contributed by atoms with Gasteiger partial charge < -0.3 is 5.32 Å². The van der Waals surface area contributed by atoms with E-state index in [0.717, 1.165) is 35.1 Å². The molecule has 0 saturated heterocycles. The van der Waals surface area contributed by atoms with E-state index in [4.69, 9.17) is 0 Å². The quantitative estimate of drug-likeness (QED) is 0.507. The largest absolute Gasteiger partial charge is 0.346 e. The maximum absolute atomic E-state index is 12.8. The first kappa shape index (κ1) is 24.0. The number of nitrogens with zero attached hydrogens (tertiary/aromatic N) is 1. The standard InChI is InChI=1S/C28H32N2O3S/c1-19-7-5-8-20(2)27(19)30(34(4,32)33)18-22-11-13-24(14-12-22)28(31)29-21(3)25-16-15-23-9-6-10-26(23)17-25/h5,7-8,11-17,21H,6,9-10,18H2,1-4H3,(H,29,31)/t21-/m1/s1. The van der Waals surface area contributed by atoms with Gasteiger partial charge in [-0.3, -0.25) is 9.10 Å². The monoisotopic (exact) mass is 476 g/mol. The summed E-state index contributed by atoms with van der Waals surface area (Å²) in [7, 11) is -3.48. The lowest BCUT2D eigenvalue weighted by atomic mass is 10.0. The lowest BCUT2D eigenvalue weighted by Gasteiger charge is -2.26. The van der Waals surface area contributed by atoms with E-state index in [9.17, 15) is 13.2 Å². The van der Waals surface area contributed by atoms with E-state index in [0.29, 0.717) is 11.3 Å². The van der Waals surface area contributed by atoms with E-state index < -0.39 is 10.0 Å². The van der Waals surface area contributed by atoms with Gasteiger partial charge in [0.2, 0.25) is 10.0 Å². The van der Waals surface area contributed by atoms with Gasteiger partial charge in [0.15, 0.2) is 0 Å². The number of para-hydroxylation sites is 1.